The molecule has 5 heterocycles. The van der Waals surface area contributed by atoms with Gasteiger partial charge in [-0.3, -0.25) is 9.80 Å². The molecule has 6 heteroatoms. The highest BCUT2D eigenvalue weighted by Gasteiger charge is 2.55. The minimum atomic E-state index is -0.247. The monoisotopic (exact) mass is 388 g/mol. The number of anilines is 1. The van der Waals surface area contributed by atoms with Gasteiger partial charge in [0.25, 0.3) is 0 Å². The van der Waals surface area contributed by atoms with E-state index in [9.17, 15) is 4.79 Å². The predicted octanol–water partition coefficient (Wildman–Crippen LogP) is 2.77. The van der Waals surface area contributed by atoms with Crippen LogP contribution < -0.4 is 4.90 Å². The van der Waals surface area contributed by atoms with Crippen molar-refractivity contribution in [2.75, 3.05) is 31.1 Å². The van der Waals surface area contributed by atoms with E-state index in [2.05, 4.69) is 33.6 Å². The van der Waals surface area contributed by atoms with Crippen molar-refractivity contribution in [1.82, 2.24) is 4.90 Å². The second kappa shape index (κ2) is 4.33. The van der Waals surface area contributed by atoms with Crippen molar-refractivity contribution >= 4 is 45.0 Å². The number of carbonyl (C=O) groups is 1. The molecule has 2 bridgehead atoms. The molecular formula is C13H15IN2O2S. The van der Waals surface area contributed by atoms with Gasteiger partial charge in [-0.05, 0) is 60.7 Å². The Labute approximate surface area is 129 Å². The normalized spacial score (nSPS) is 37.1. The van der Waals surface area contributed by atoms with Gasteiger partial charge in [-0.2, -0.15) is 0 Å². The number of thiophene rings is 1. The Morgan fingerprint density at radius 3 is 2.68 bits per heavy atom. The topological polar surface area (TPSA) is 32.8 Å². The van der Waals surface area contributed by atoms with Gasteiger partial charge in [-0.25, -0.2) is 4.79 Å². The summed E-state index contributed by atoms with van der Waals surface area (Å²) in [6.45, 7) is 3.98. The molecule has 5 rings (SSSR count). The highest BCUT2D eigenvalue weighted by molar-refractivity contribution is 14.1. The molecule has 0 unspecified atom stereocenters. The van der Waals surface area contributed by atoms with E-state index in [1.165, 1.54) is 28.8 Å². The van der Waals surface area contributed by atoms with Gasteiger partial charge >= 0.3 is 6.09 Å². The molecule has 102 valence electrons. The SMILES string of the molecule is O=C1O[C@]2(CN3CCC2CC3)CN1c1ccc([125I])s1. The summed E-state index contributed by atoms with van der Waals surface area (Å²) in [5.41, 5.74) is -0.247. The Hall–Kier alpha value is -0.340. The van der Waals surface area contributed by atoms with E-state index >= 15 is 0 Å². The van der Waals surface area contributed by atoms with Crippen LogP contribution in [-0.4, -0.2) is 42.8 Å². The van der Waals surface area contributed by atoms with Crippen LogP contribution in [0.4, 0.5) is 9.80 Å². The molecule has 0 N–H and O–H groups in total. The van der Waals surface area contributed by atoms with Crippen molar-refractivity contribution in [2.24, 2.45) is 5.92 Å². The van der Waals surface area contributed by atoms with E-state index in [0.29, 0.717) is 5.92 Å². The number of hydrogen-bond donors (Lipinski definition) is 0. The molecule has 19 heavy (non-hydrogen) atoms. The van der Waals surface area contributed by atoms with Gasteiger partial charge in [-0.1, -0.05) is 0 Å². The fourth-order valence-corrected chi connectivity index (χ4v) is 5.21. The molecular weight excluding hydrogens is 373 g/mol. The third-order valence-electron chi connectivity index (χ3n) is 4.58. The van der Waals surface area contributed by atoms with Crippen LogP contribution >= 0.6 is 33.9 Å². The zero-order valence-electron chi connectivity index (χ0n) is 10.5. The number of hydrogen-bond acceptors (Lipinski definition) is 4. The summed E-state index contributed by atoms with van der Waals surface area (Å²) in [7, 11) is 0. The van der Waals surface area contributed by atoms with Crippen molar-refractivity contribution < 1.29 is 9.53 Å². The maximum Gasteiger partial charge on any atom is 0.415 e. The molecule has 4 fully saturated rings. The van der Waals surface area contributed by atoms with E-state index in [1.807, 2.05) is 11.0 Å². The molecule has 1 aromatic rings. The average molecular weight is 388 g/mol. The van der Waals surface area contributed by atoms with Gasteiger partial charge in [0.15, 0.2) is 0 Å². The Balaban J connectivity index is 1.63. The summed E-state index contributed by atoms with van der Waals surface area (Å²) in [6.07, 6.45) is 2.18. The standard InChI is InChI=1S/C13H15IN2O2S/c14-10-1-2-11(19-10)16-8-13(18-12(16)17)7-15-5-3-9(13)4-6-15/h1-2,9H,3-8H2/t13-/m1/s1/i14-2. The van der Waals surface area contributed by atoms with Crippen LogP contribution in [0.3, 0.4) is 0 Å². The molecule has 4 aliphatic heterocycles. The number of carbonyl (C=O) groups excluding carboxylic acids is 1. The number of rotatable bonds is 1. The van der Waals surface area contributed by atoms with E-state index in [4.69, 9.17) is 4.74 Å². The van der Waals surface area contributed by atoms with Gasteiger partial charge < -0.3 is 4.74 Å². The lowest BCUT2D eigenvalue weighted by Gasteiger charge is -2.49. The van der Waals surface area contributed by atoms with E-state index in [1.54, 1.807) is 11.3 Å². The molecule has 4 saturated heterocycles. The van der Waals surface area contributed by atoms with Crippen LogP contribution in [0.25, 0.3) is 0 Å². The molecule has 1 aromatic heterocycles. The number of amides is 1. The largest absolute Gasteiger partial charge is 0.439 e. The molecule has 1 spiro atoms. The van der Waals surface area contributed by atoms with Crippen molar-refractivity contribution in [3.05, 3.63) is 15.0 Å². The molecule has 0 aliphatic carbocycles. The van der Waals surface area contributed by atoms with Crippen LogP contribution in [0, 0.1) is 8.80 Å². The van der Waals surface area contributed by atoms with Crippen LogP contribution in [0.2, 0.25) is 0 Å². The van der Waals surface area contributed by atoms with Gasteiger partial charge in [0.2, 0.25) is 0 Å². The van der Waals surface area contributed by atoms with Gasteiger partial charge in [0, 0.05) is 12.5 Å². The van der Waals surface area contributed by atoms with Crippen molar-refractivity contribution in [2.45, 2.75) is 18.4 Å². The smallest absolute Gasteiger partial charge is 0.415 e. The predicted molar refractivity (Wildman–Crippen MR) is 82.8 cm³/mol. The van der Waals surface area contributed by atoms with Gasteiger partial charge in [0.05, 0.1) is 9.43 Å². The lowest BCUT2D eigenvalue weighted by Crippen LogP contribution is -2.61. The molecule has 0 radical (unpaired) electrons. The highest BCUT2D eigenvalue weighted by Crippen LogP contribution is 2.44. The van der Waals surface area contributed by atoms with Crippen molar-refractivity contribution in [3.8, 4) is 0 Å². The Bertz CT molecular complexity index is 526. The zero-order valence-corrected chi connectivity index (χ0v) is 13.4. The first kappa shape index (κ1) is 12.4. The second-order valence-electron chi connectivity index (χ2n) is 5.65. The average Bonchev–Trinajstić information content (AvgIpc) is 2.95. The quantitative estimate of drug-likeness (QED) is 0.694. The maximum absolute atomic E-state index is 12.2. The maximum atomic E-state index is 12.2. The zero-order chi connectivity index (χ0) is 13.0. The molecule has 0 aromatic carbocycles. The Kier molecular flexibility index (Phi) is 2.82. The summed E-state index contributed by atoms with van der Waals surface area (Å²) in [5, 5.41) is 1.02. The van der Waals surface area contributed by atoms with Gasteiger partial charge in [0.1, 0.15) is 10.6 Å². The first-order chi connectivity index (χ1) is 9.16. The van der Waals surface area contributed by atoms with Crippen molar-refractivity contribution in [1.29, 1.82) is 0 Å². The number of ether oxygens (including phenoxy) is 1. The Morgan fingerprint density at radius 2 is 2.11 bits per heavy atom. The lowest BCUT2D eigenvalue weighted by molar-refractivity contribution is -0.0881. The number of piperidine rings is 3. The highest BCUT2D eigenvalue weighted by atomic mass is 125. The van der Waals surface area contributed by atoms with Crippen LogP contribution in [0.5, 0.6) is 0 Å². The Morgan fingerprint density at radius 1 is 1.32 bits per heavy atom. The minimum absolute atomic E-state index is 0.160. The summed E-state index contributed by atoms with van der Waals surface area (Å²) < 4.78 is 7.05. The summed E-state index contributed by atoms with van der Waals surface area (Å²) in [5.74, 6) is 0.547. The fourth-order valence-electron chi connectivity index (χ4n) is 3.63. The fraction of sp³-hybridized carbons (Fsp3) is 0.615. The van der Waals surface area contributed by atoms with Gasteiger partial charge in [-0.15, -0.1) is 11.3 Å². The van der Waals surface area contributed by atoms with E-state index < -0.39 is 0 Å². The van der Waals surface area contributed by atoms with Crippen LogP contribution in [-0.2, 0) is 4.74 Å². The van der Waals surface area contributed by atoms with E-state index in [0.717, 1.165) is 18.1 Å². The number of nitrogens with zero attached hydrogens (tertiary/aromatic N) is 2. The summed E-state index contributed by atoms with van der Waals surface area (Å²) in [4.78, 5) is 16.5. The van der Waals surface area contributed by atoms with Crippen LogP contribution in [0.1, 0.15) is 12.8 Å². The first-order valence-electron chi connectivity index (χ1n) is 6.64. The first-order valence-corrected chi connectivity index (χ1v) is 8.54. The number of halogens is 1. The molecule has 0 saturated carbocycles. The minimum Gasteiger partial charge on any atom is -0.439 e. The third kappa shape index (κ3) is 1.91. The van der Waals surface area contributed by atoms with Crippen molar-refractivity contribution in [3.63, 3.8) is 0 Å². The molecule has 4 aliphatic rings. The lowest BCUT2D eigenvalue weighted by atomic mass is 9.75. The van der Waals surface area contributed by atoms with Crippen LogP contribution in [0.15, 0.2) is 12.1 Å². The number of fused-ring (bicyclic) bond motifs is 2. The third-order valence-corrected chi connectivity index (χ3v) is 6.50. The molecule has 1 atom stereocenters. The molecule has 1 amide bonds. The summed E-state index contributed by atoms with van der Waals surface area (Å²) in [6, 6.07) is 4.07. The van der Waals surface area contributed by atoms with E-state index in [-0.39, 0.29) is 11.7 Å². The molecule has 4 nitrogen and oxygen atoms in total. The summed E-state index contributed by atoms with van der Waals surface area (Å²) >= 11 is 3.94. The second-order valence-corrected chi connectivity index (χ2v) is 8.60.